The molecule has 0 spiro atoms. The molecule has 0 saturated carbocycles. The fraction of sp³-hybridized carbons (Fsp3) is 0.348. The molecule has 0 fully saturated rings. The molecule has 0 unspecified atom stereocenters. The van der Waals surface area contributed by atoms with Gasteiger partial charge in [0.05, 0.1) is 10.6 Å². The Labute approximate surface area is 193 Å². The van der Waals surface area contributed by atoms with Crippen molar-refractivity contribution in [2.24, 2.45) is 0 Å². The normalized spacial score (nSPS) is 11.8. The van der Waals surface area contributed by atoms with E-state index in [4.69, 9.17) is 4.42 Å². The monoisotopic (exact) mass is 473 g/mol. The number of aryl methyl sites for hydroxylation is 3. The van der Waals surface area contributed by atoms with Crippen LogP contribution in [0.15, 0.2) is 50.9 Å². The van der Waals surface area contributed by atoms with Gasteiger partial charge in [-0.2, -0.15) is 4.31 Å². The van der Waals surface area contributed by atoms with Gasteiger partial charge in [0.25, 0.3) is 5.22 Å². The number of carbonyl (C=O) groups excluding carboxylic acids is 1. The largest absolute Gasteiger partial charge is 0.411 e. The third kappa shape index (κ3) is 5.11. The molecule has 0 amide bonds. The second kappa shape index (κ2) is 9.97. The molecule has 7 nitrogen and oxygen atoms in total. The van der Waals surface area contributed by atoms with E-state index < -0.39 is 10.0 Å². The van der Waals surface area contributed by atoms with Crippen LogP contribution in [0.1, 0.15) is 40.9 Å². The number of rotatable bonds is 9. The van der Waals surface area contributed by atoms with E-state index in [0.29, 0.717) is 24.2 Å². The molecule has 2 aromatic carbocycles. The molecular formula is C23H27N3O4S2. The third-order valence-electron chi connectivity index (χ3n) is 5.30. The maximum absolute atomic E-state index is 12.8. The highest BCUT2D eigenvalue weighted by Crippen LogP contribution is 2.27. The van der Waals surface area contributed by atoms with Crippen LogP contribution in [0, 0.1) is 20.8 Å². The molecule has 0 aliphatic rings. The first-order chi connectivity index (χ1) is 15.2. The first-order valence-corrected chi connectivity index (χ1v) is 12.8. The summed E-state index contributed by atoms with van der Waals surface area (Å²) in [5.41, 5.74) is 4.36. The SMILES string of the molecule is CCN(CC)S(=O)(=O)c1cccc(-c2nnc(SCC(=O)c3cc(C)c(C)cc3C)o2)c1. The molecule has 0 N–H and O–H groups in total. The maximum Gasteiger partial charge on any atom is 0.277 e. The van der Waals surface area contributed by atoms with Crippen LogP contribution in [-0.4, -0.2) is 47.5 Å². The van der Waals surface area contributed by atoms with Crippen molar-refractivity contribution >= 4 is 27.6 Å². The van der Waals surface area contributed by atoms with Gasteiger partial charge in [-0.15, -0.1) is 10.2 Å². The summed E-state index contributed by atoms with van der Waals surface area (Å²) in [6.45, 7) is 10.3. The van der Waals surface area contributed by atoms with Gasteiger partial charge in [-0.05, 0) is 61.7 Å². The van der Waals surface area contributed by atoms with Crippen LogP contribution >= 0.6 is 11.8 Å². The third-order valence-corrected chi connectivity index (χ3v) is 8.16. The number of thioether (sulfide) groups is 1. The first kappa shape index (κ1) is 24.2. The summed E-state index contributed by atoms with van der Waals surface area (Å²) in [7, 11) is -3.59. The quantitative estimate of drug-likeness (QED) is 0.329. The molecule has 1 aromatic heterocycles. The number of aromatic nitrogens is 2. The molecule has 9 heteroatoms. The first-order valence-electron chi connectivity index (χ1n) is 10.3. The predicted octanol–water partition coefficient (Wildman–Crippen LogP) is 4.67. The van der Waals surface area contributed by atoms with Gasteiger partial charge in [-0.3, -0.25) is 4.79 Å². The van der Waals surface area contributed by atoms with E-state index in [2.05, 4.69) is 10.2 Å². The summed E-state index contributed by atoms with van der Waals surface area (Å²) < 4.78 is 32.7. The van der Waals surface area contributed by atoms with E-state index in [1.807, 2.05) is 32.9 Å². The van der Waals surface area contributed by atoms with Gasteiger partial charge in [0.2, 0.25) is 15.9 Å². The number of benzene rings is 2. The van der Waals surface area contributed by atoms with Gasteiger partial charge in [0.15, 0.2) is 5.78 Å². The minimum atomic E-state index is -3.59. The lowest BCUT2D eigenvalue weighted by Crippen LogP contribution is -2.30. The van der Waals surface area contributed by atoms with E-state index in [-0.39, 0.29) is 27.5 Å². The van der Waals surface area contributed by atoms with E-state index in [9.17, 15) is 13.2 Å². The van der Waals surface area contributed by atoms with Crippen molar-refractivity contribution < 1.29 is 17.6 Å². The average molecular weight is 474 g/mol. The zero-order valence-electron chi connectivity index (χ0n) is 18.9. The van der Waals surface area contributed by atoms with Crippen LogP contribution in [-0.2, 0) is 10.0 Å². The number of sulfonamides is 1. The van der Waals surface area contributed by atoms with Crippen molar-refractivity contribution in [3.8, 4) is 11.5 Å². The van der Waals surface area contributed by atoms with Crippen molar-refractivity contribution in [3.05, 3.63) is 58.7 Å². The van der Waals surface area contributed by atoms with E-state index >= 15 is 0 Å². The topological polar surface area (TPSA) is 93.4 Å². The number of nitrogens with zero attached hydrogens (tertiary/aromatic N) is 3. The van der Waals surface area contributed by atoms with Gasteiger partial charge < -0.3 is 4.42 Å². The van der Waals surface area contributed by atoms with Gasteiger partial charge in [-0.1, -0.05) is 37.7 Å². The Morgan fingerprint density at radius 3 is 2.38 bits per heavy atom. The Kier molecular flexibility index (Phi) is 7.53. The van der Waals surface area contributed by atoms with Crippen LogP contribution in [0.4, 0.5) is 0 Å². The highest BCUT2D eigenvalue weighted by atomic mass is 32.2. The fourth-order valence-electron chi connectivity index (χ4n) is 3.35. The van der Waals surface area contributed by atoms with Gasteiger partial charge in [0, 0.05) is 24.2 Å². The fourth-order valence-corrected chi connectivity index (χ4v) is 5.50. The van der Waals surface area contributed by atoms with Crippen molar-refractivity contribution in [3.63, 3.8) is 0 Å². The number of hydrogen-bond donors (Lipinski definition) is 0. The molecule has 32 heavy (non-hydrogen) atoms. The highest BCUT2D eigenvalue weighted by molar-refractivity contribution is 7.99. The highest BCUT2D eigenvalue weighted by Gasteiger charge is 2.23. The Morgan fingerprint density at radius 2 is 1.69 bits per heavy atom. The van der Waals surface area contributed by atoms with Crippen LogP contribution in [0.3, 0.4) is 0 Å². The minimum Gasteiger partial charge on any atom is -0.411 e. The molecule has 0 saturated heterocycles. The summed E-state index contributed by atoms with van der Waals surface area (Å²) in [5, 5.41) is 8.29. The van der Waals surface area contributed by atoms with Crippen LogP contribution in [0.2, 0.25) is 0 Å². The van der Waals surface area contributed by atoms with E-state index in [1.54, 1.807) is 32.0 Å². The van der Waals surface area contributed by atoms with Gasteiger partial charge in [0.1, 0.15) is 0 Å². The number of carbonyl (C=O) groups is 1. The van der Waals surface area contributed by atoms with E-state index in [0.717, 1.165) is 28.5 Å². The van der Waals surface area contributed by atoms with Crippen LogP contribution < -0.4 is 0 Å². The summed E-state index contributed by atoms with van der Waals surface area (Å²) >= 11 is 1.16. The Hall–Kier alpha value is -2.49. The molecule has 3 aromatic rings. The lowest BCUT2D eigenvalue weighted by atomic mass is 9.99. The average Bonchev–Trinajstić information content (AvgIpc) is 3.24. The molecule has 0 aliphatic heterocycles. The smallest absolute Gasteiger partial charge is 0.277 e. The molecule has 0 bridgehead atoms. The number of Topliss-reactive ketones (excluding diaryl/α,β-unsaturated/α-hetero) is 1. The van der Waals surface area contributed by atoms with Gasteiger partial charge in [-0.25, -0.2) is 8.42 Å². The zero-order valence-corrected chi connectivity index (χ0v) is 20.5. The maximum atomic E-state index is 12.8. The summed E-state index contributed by atoms with van der Waals surface area (Å²) in [6, 6.07) is 10.4. The van der Waals surface area contributed by atoms with E-state index in [1.165, 1.54) is 10.4 Å². The van der Waals surface area contributed by atoms with Crippen molar-refractivity contribution in [2.75, 3.05) is 18.8 Å². The second-order valence-electron chi connectivity index (χ2n) is 7.45. The lowest BCUT2D eigenvalue weighted by molar-refractivity contribution is 0.102. The Morgan fingerprint density at radius 1 is 1.00 bits per heavy atom. The Balaban J connectivity index is 1.75. The predicted molar refractivity (Wildman–Crippen MR) is 126 cm³/mol. The summed E-state index contributed by atoms with van der Waals surface area (Å²) in [4.78, 5) is 12.8. The van der Waals surface area contributed by atoms with Crippen molar-refractivity contribution in [2.45, 2.75) is 44.7 Å². The molecule has 0 aliphatic carbocycles. The molecule has 0 atom stereocenters. The molecule has 0 radical (unpaired) electrons. The summed E-state index contributed by atoms with van der Waals surface area (Å²) in [5.74, 6) is 0.364. The number of hydrogen-bond acceptors (Lipinski definition) is 7. The van der Waals surface area contributed by atoms with Crippen LogP contribution in [0.25, 0.3) is 11.5 Å². The van der Waals surface area contributed by atoms with Crippen molar-refractivity contribution in [1.82, 2.24) is 14.5 Å². The summed E-state index contributed by atoms with van der Waals surface area (Å²) in [6.07, 6.45) is 0. The molecule has 3 rings (SSSR count). The zero-order chi connectivity index (χ0) is 23.5. The molecule has 170 valence electrons. The second-order valence-corrected chi connectivity index (χ2v) is 10.3. The van der Waals surface area contributed by atoms with Gasteiger partial charge >= 0.3 is 0 Å². The van der Waals surface area contributed by atoms with Crippen molar-refractivity contribution in [1.29, 1.82) is 0 Å². The molecule has 1 heterocycles. The minimum absolute atomic E-state index is 0.0114. The number of ketones is 1. The Bertz CT molecular complexity index is 1230. The standard InChI is InChI=1S/C23H27N3O4S2/c1-6-26(7-2)32(28,29)19-10-8-9-18(13-19)22-24-25-23(30-22)31-14-21(27)20-12-16(4)15(3)11-17(20)5/h8-13H,6-7,14H2,1-5H3. The molecular weight excluding hydrogens is 446 g/mol. The van der Waals surface area contributed by atoms with Crippen LogP contribution in [0.5, 0.6) is 0 Å². The lowest BCUT2D eigenvalue weighted by Gasteiger charge is -2.18.